The zero-order chi connectivity index (χ0) is 13.2. The van der Waals surface area contributed by atoms with Gasteiger partial charge in [-0.05, 0) is 25.7 Å². The number of rotatable bonds is 2. The summed E-state index contributed by atoms with van der Waals surface area (Å²) in [6.45, 7) is 0. The number of nitrogens with two attached hydrogens (primary N) is 1. The van der Waals surface area contributed by atoms with E-state index >= 15 is 0 Å². The fourth-order valence-corrected chi connectivity index (χ4v) is 3.03. The molecule has 18 heavy (non-hydrogen) atoms. The summed E-state index contributed by atoms with van der Waals surface area (Å²) >= 11 is 0. The number of carbonyl (C=O) groups excluding carboxylic acids is 1. The molecule has 3 nitrogen and oxygen atoms in total. The van der Waals surface area contributed by atoms with Gasteiger partial charge in [0.1, 0.15) is 0 Å². The van der Waals surface area contributed by atoms with Crippen molar-refractivity contribution < 1.29 is 13.6 Å². The van der Waals surface area contributed by atoms with Crippen LogP contribution in [0.15, 0.2) is 0 Å². The summed E-state index contributed by atoms with van der Waals surface area (Å²) in [4.78, 5) is 12.0. The maximum absolute atomic E-state index is 13.3. The van der Waals surface area contributed by atoms with Crippen LogP contribution in [0.2, 0.25) is 0 Å². The van der Waals surface area contributed by atoms with Crippen molar-refractivity contribution in [3.05, 3.63) is 0 Å². The summed E-state index contributed by atoms with van der Waals surface area (Å²) in [6, 6.07) is -0.0476. The molecule has 0 aromatic heterocycles. The molecule has 0 aromatic rings. The molecule has 1 amide bonds. The number of alkyl halides is 2. The summed E-state index contributed by atoms with van der Waals surface area (Å²) in [6.07, 6.45) is 4.54. The summed E-state index contributed by atoms with van der Waals surface area (Å²) in [5.74, 6) is -3.44. The Hall–Kier alpha value is -0.710. The number of nitrogens with one attached hydrogen (secondary N) is 1. The van der Waals surface area contributed by atoms with Gasteiger partial charge >= 0.3 is 0 Å². The van der Waals surface area contributed by atoms with Gasteiger partial charge in [0.25, 0.3) is 0 Å². The van der Waals surface area contributed by atoms with Crippen molar-refractivity contribution in [1.29, 1.82) is 0 Å². The van der Waals surface area contributed by atoms with Crippen LogP contribution >= 0.6 is 0 Å². The molecule has 5 heteroatoms. The zero-order valence-corrected chi connectivity index (χ0v) is 10.6. The van der Waals surface area contributed by atoms with Crippen LogP contribution in [-0.2, 0) is 4.79 Å². The van der Waals surface area contributed by atoms with Crippen LogP contribution in [0.4, 0.5) is 8.78 Å². The fraction of sp³-hybridized carbons (Fsp3) is 0.923. The third-order valence-electron chi connectivity index (χ3n) is 4.16. The van der Waals surface area contributed by atoms with Crippen LogP contribution in [0.25, 0.3) is 0 Å². The number of hydrogen-bond donors (Lipinski definition) is 2. The molecule has 104 valence electrons. The number of halogens is 2. The first-order chi connectivity index (χ1) is 8.48. The first-order valence-electron chi connectivity index (χ1n) is 6.92. The molecule has 0 saturated heterocycles. The normalized spacial score (nSPS) is 36.1. The highest BCUT2D eigenvalue weighted by Crippen LogP contribution is 2.36. The van der Waals surface area contributed by atoms with E-state index in [0.29, 0.717) is 12.8 Å². The van der Waals surface area contributed by atoms with Gasteiger partial charge in [-0.25, -0.2) is 8.78 Å². The Labute approximate surface area is 106 Å². The lowest BCUT2D eigenvalue weighted by atomic mass is 9.85. The molecule has 3 atom stereocenters. The fourth-order valence-electron chi connectivity index (χ4n) is 3.03. The molecule has 2 aliphatic carbocycles. The molecule has 0 spiro atoms. The number of hydrogen-bond acceptors (Lipinski definition) is 2. The standard InChI is InChI=1S/C13H22F2N2O/c14-13(15)7-3-4-9(8-13)12(18)17-11-6-2-1-5-10(11)16/h9-11H,1-8,16H2,(H,17,18). The van der Waals surface area contributed by atoms with Crippen LogP contribution in [0.3, 0.4) is 0 Å². The molecule has 3 unspecified atom stereocenters. The smallest absolute Gasteiger partial charge is 0.248 e. The monoisotopic (exact) mass is 260 g/mol. The second-order valence-corrected chi connectivity index (χ2v) is 5.71. The molecule has 0 aromatic carbocycles. The summed E-state index contributed by atoms with van der Waals surface area (Å²) < 4.78 is 26.5. The van der Waals surface area contributed by atoms with Crippen molar-refractivity contribution in [1.82, 2.24) is 5.32 Å². The van der Waals surface area contributed by atoms with Gasteiger partial charge in [0.05, 0.1) is 0 Å². The van der Waals surface area contributed by atoms with E-state index in [4.69, 9.17) is 5.73 Å². The maximum atomic E-state index is 13.3. The largest absolute Gasteiger partial charge is 0.352 e. The predicted molar refractivity (Wildman–Crippen MR) is 65.3 cm³/mol. The minimum atomic E-state index is -2.67. The summed E-state index contributed by atoms with van der Waals surface area (Å²) in [5.41, 5.74) is 5.95. The van der Waals surface area contributed by atoms with Crippen molar-refractivity contribution in [2.45, 2.75) is 69.4 Å². The molecule has 0 aliphatic heterocycles. The van der Waals surface area contributed by atoms with Crippen LogP contribution in [0.5, 0.6) is 0 Å². The van der Waals surface area contributed by atoms with Crippen molar-refractivity contribution in [2.24, 2.45) is 11.7 Å². The lowest BCUT2D eigenvalue weighted by Crippen LogP contribution is -2.51. The third kappa shape index (κ3) is 3.40. The molecular weight excluding hydrogens is 238 g/mol. The minimum absolute atomic E-state index is 0.0215. The molecule has 0 heterocycles. The van der Waals surface area contributed by atoms with E-state index in [-0.39, 0.29) is 30.8 Å². The minimum Gasteiger partial charge on any atom is -0.352 e. The highest BCUT2D eigenvalue weighted by molar-refractivity contribution is 5.79. The van der Waals surface area contributed by atoms with Crippen LogP contribution in [0, 0.1) is 5.92 Å². The molecule has 0 bridgehead atoms. The molecule has 2 aliphatic rings. The molecular formula is C13H22F2N2O. The van der Waals surface area contributed by atoms with Crippen molar-refractivity contribution in [3.8, 4) is 0 Å². The van der Waals surface area contributed by atoms with E-state index in [1.54, 1.807) is 0 Å². The topological polar surface area (TPSA) is 55.1 Å². The Bertz CT molecular complexity index is 309. The van der Waals surface area contributed by atoms with Gasteiger partial charge in [0.2, 0.25) is 11.8 Å². The van der Waals surface area contributed by atoms with E-state index < -0.39 is 11.8 Å². The average Bonchev–Trinajstić information content (AvgIpc) is 2.31. The average molecular weight is 260 g/mol. The highest BCUT2D eigenvalue weighted by Gasteiger charge is 2.39. The van der Waals surface area contributed by atoms with Gasteiger partial charge in [0.15, 0.2) is 0 Å². The van der Waals surface area contributed by atoms with Gasteiger partial charge in [-0.15, -0.1) is 0 Å². The Morgan fingerprint density at radius 3 is 2.56 bits per heavy atom. The number of amides is 1. The molecule has 2 fully saturated rings. The van der Waals surface area contributed by atoms with E-state index in [1.807, 2.05) is 0 Å². The third-order valence-corrected chi connectivity index (χ3v) is 4.16. The Morgan fingerprint density at radius 2 is 1.89 bits per heavy atom. The quantitative estimate of drug-likeness (QED) is 0.799. The zero-order valence-electron chi connectivity index (χ0n) is 10.6. The lowest BCUT2D eigenvalue weighted by molar-refractivity contribution is -0.133. The SMILES string of the molecule is NC1CCCCC1NC(=O)C1CCCC(F)(F)C1. The van der Waals surface area contributed by atoms with Gasteiger partial charge < -0.3 is 11.1 Å². The second-order valence-electron chi connectivity index (χ2n) is 5.71. The predicted octanol–water partition coefficient (Wildman–Crippen LogP) is 2.20. The summed E-state index contributed by atoms with van der Waals surface area (Å²) in [7, 11) is 0. The number of carbonyl (C=O) groups is 1. The van der Waals surface area contributed by atoms with Crippen LogP contribution < -0.4 is 11.1 Å². The molecule has 0 radical (unpaired) electrons. The Morgan fingerprint density at radius 1 is 1.17 bits per heavy atom. The lowest BCUT2D eigenvalue weighted by Gasteiger charge is -2.33. The Balaban J connectivity index is 1.87. The van der Waals surface area contributed by atoms with Crippen LogP contribution in [-0.4, -0.2) is 23.9 Å². The van der Waals surface area contributed by atoms with Gasteiger partial charge in [-0.3, -0.25) is 4.79 Å². The van der Waals surface area contributed by atoms with Gasteiger partial charge in [0, 0.05) is 30.8 Å². The first-order valence-corrected chi connectivity index (χ1v) is 6.92. The van der Waals surface area contributed by atoms with Gasteiger partial charge in [-0.1, -0.05) is 12.8 Å². The van der Waals surface area contributed by atoms with Crippen molar-refractivity contribution in [2.75, 3.05) is 0 Å². The molecule has 2 rings (SSSR count). The van der Waals surface area contributed by atoms with Gasteiger partial charge in [-0.2, -0.15) is 0 Å². The highest BCUT2D eigenvalue weighted by atomic mass is 19.3. The second kappa shape index (κ2) is 5.51. The van der Waals surface area contributed by atoms with E-state index in [0.717, 1.165) is 25.7 Å². The molecule has 3 N–H and O–H groups in total. The Kier molecular flexibility index (Phi) is 4.20. The van der Waals surface area contributed by atoms with E-state index in [9.17, 15) is 13.6 Å². The summed E-state index contributed by atoms with van der Waals surface area (Å²) in [5, 5.41) is 2.88. The first kappa shape index (κ1) is 13.7. The molecule has 2 saturated carbocycles. The van der Waals surface area contributed by atoms with E-state index in [1.165, 1.54) is 0 Å². The van der Waals surface area contributed by atoms with Crippen molar-refractivity contribution >= 4 is 5.91 Å². The van der Waals surface area contributed by atoms with E-state index in [2.05, 4.69) is 5.32 Å². The maximum Gasteiger partial charge on any atom is 0.248 e. The van der Waals surface area contributed by atoms with Crippen LogP contribution in [0.1, 0.15) is 51.4 Å². The van der Waals surface area contributed by atoms with Crippen molar-refractivity contribution in [3.63, 3.8) is 0 Å².